The van der Waals surface area contributed by atoms with Gasteiger partial charge < -0.3 is 14.2 Å². The van der Waals surface area contributed by atoms with Crippen LogP contribution in [0.5, 0.6) is 0 Å². The summed E-state index contributed by atoms with van der Waals surface area (Å²) in [5.41, 5.74) is -0.186. The summed E-state index contributed by atoms with van der Waals surface area (Å²) in [7, 11) is 0. The van der Waals surface area contributed by atoms with Gasteiger partial charge in [-0.2, -0.15) is 0 Å². The maximum absolute atomic E-state index is 11.6. The van der Waals surface area contributed by atoms with Crippen molar-refractivity contribution < 1.29 is 28.6 Å². The standard InChI is InChI=1S/C15H24O6S2/c1-6-22-15-8(2)13(20-10(4)17)14(23-11(5)18)12(21-15)7-19-9(3)16/h8,12-15H,6-7H2,1-5H3/t8?,12?,13?,14?,15-/m0/s1. The molecule has 23 heavy (non-hydrogen) atoms. The second-order valence-corrected chi connectivity index (χ2v) is 8.04. The Morgan fingerprint density at radius 1 is 1.13 bits per heavy atom. The van der Waals surface area contributed by atoms with Crippen LogP contribution in [0.4, 0.5) is 0 Å². The summed E-state index contributed by atoms with van der Waals surface area (Å²) in [6.07, 6.45) is -0.975. The molecule has 0 aliphatic carbocycles. The molecule has 1 aliphatic heterocycles. The van der Waals surface area contributed by atoms with Crippen molar-refractivity contribution in [3.63, 3.8) is 0 Å². The van der Waals surface area contributed by atoms with Crippen LogP contribution in [0.15, 0.2) is 0 Å². The molecule has 132 valence electrons. The Kier molecular flexibility index (Phi) is 8.42. The molecule has 8 heteroatoms. The monoisotopic (exact) mass is 364 g/mol. The van der Waals surface area contributed by atoms with Gasteiger partial charge >= 0.3 is 11.9 Å². The topological polar surface area (TPSA) is 78.9 Å². The van der Waals surface area contributed by atoms with Gasteiger partial charge in [-0.05, 0) is 5.75 Å². The lowest BCUT2D eigenvalue weighted by atomic mass is 9.95. The number of ether oxygens (including phenoxy) is 3. The van der Waals surface area contributed by atoms with E-state index in [1.54, 1.807) is 11.8 Å². The summed E-state index contributed by atoms with van der Waals surface area (Å²) >= 11 is 2.67. The number of esters is 2. The molecule has 1 fully saturated rings. The zero-order chi connectivity index (χ0) is 17.6. The third-order valence-electron chi connectivity index (χ3n) is 3.33. The van der Waals surface area contributed by atoms with Gasteiger partial charge in [-0.1, -0.05) is 25.6 Å². The van der Waals surface area contributed by atoms with E-state index in [0.29, 0.717) is 0 Å². The molecule has 0 saturated carbocycles. The molecule has 5 atom stereocenters. The van der Waals surface area contributed by atoms with E-state index in [2.05, 4.69) is 0 Å². The molecule has 0 amide bonds. The van der Waals surface area contributed by atoms with Gasteiger partial charge in [-0.3, -0.25) is 14.4 Å². The number of hydrogen-bond donors (Lipinski definition) is 0. The Labute approximate surface area is 145 Å². The molecule has 1 saturated heterocycles. The first-order chi connectivity index (χ1) is 10.8. The SMILES string of the molecule is CCS[C@@H]1OC(COC(C)=O)C(SC(C)=O)C(OC(C)=O)C1C. The van der Waals surface area contributed by atoms with Gasteiger partial charge in [0.05, 0.1) is 5.25 Å². The van der Waals surface area contributed by atoms with Crippen LogP contribution >= 0.6 is 23.5 Å². The fourth-order valence-corrected chi connectivity index (χ4v) is 4.55. The lowest BCUT2D eigenvalue weighted by Crippen LogP contribution is -2.54. The molecule has 0 N–H and O–H groups in total. The zero-order valence-electron chi connectivity index (χ0n) is 14.1. The summed E-state index contributed by atoms with van der Waals surface area (Å²) < 4.78 is 16.6. The fraction of sp³-hybridized carbons (Fsp3) is 0.800. The Morgan fingerprint density at radius 2 is 1.78 bits per heavy atom. The van der Waals surface area contributed by atoms with Gasteiger partial charge in [0.2, 0.25) is 0 Å². The van der Waals surface area contributed by atoms with E-state index in [0.717, 1.165) is 17.5 Å². The number of carbonyl (C=O) groups excluding carboxylic acids is 3. The molecule has 0 bridgehead atoms. The highest BCUT2D eigenvalue weighted by atomic mass is 32.2. The van der Waals surface area contributed by atoms with E-state index in [-0.39, 0.29) is 23.1 Å². The fourth-order valence-electron chi connectivity index (χ4n) is 2.43. The second-order valence-electron chi connectivity index (χ2n) is 5.31. The minimum Gasteiger partial charge on any atom is -0.463 e. The van der Waals surface area contributed by atoms with Crippen LogP contribution in [0, 0.1) is 5.92 Å². The third-order valence-corrected chi connectivity index (χ3v) is 5.71. The number of carbonyl (C=O) groups is 3. The van der Waals surface area contributed by atoms with Crippen LogP contribution < -0.4 is 0 Å². The molecular formula is C15H24O6S2. The molecule has 0 radical (unpaired) electrons. The zero-order valence-corrected chi connectivity index (χ0v) is 15.7. The van der Waals surface area contributed by atoms with E-state index >= 15 is 0 Å². The number of thioether (sulfide) groups is 2. The van der Waals surface area contributed by atoms with Crippen molar-refractivity contribution in [1.29, 1.82) is 0 Å². The highest BCUT2D eigenvalue weighted by Gasteiger charge is 2.47. The van der Waals surface area contributed by atoms with Gasteiger partial charge in [0.15, 0.2) is 5.12 Å². The summed E-state index contributed by atoms with van der Waals surface area (Å²) in [5.74, 6) is -0.0479. The molecule has 6 nitrogen and oxygen atoms in total. The number of hydrogen-bond acceptors (Lipinski definition) is 8. The maximum atomic E-state index is 11.6. The van der Waals surface area contributed by atoms with E-state index in [9.17, 15) is 14.4 Å². The van der Waals surface area contributed by atoms with Crippen molar-refractivity contribution in [3.8, 4) is 0 Å². The minimum absolute atomic E-state index is 0.0333. The van der Waals surface area contributed by atoms with Crippen molar-refractivity contribution in [2.75, 3.05) is 12.4 Å². The van der Waals surface area contributed by atoms with Crippen LogP contribution in [0.2, 0.25) is 0 Å². The lowest BCUT2D eigenvalue weighted by Gasteiger charge is -2.44. The average Bonchev–Trinajstić information content (AvgIpc) is 2.43. The first kappa shape index (κ1) is 20.3. The molecule has 0 aromatic heterocycles. The van der Waals surface area contributed by atoms with Crippen molar-refractivity contribution in [2.45, 2.75) is 57.5 Å². The van der Waals surface area contributed by atoms with Gasteiger partial charge in [-0.25, -0.2) is 0 Å². The second kappa shape index (κ2) is 9.54. The van der Waals surface area contributed by atoms with Gasteiger partial charge in [0.1, 0.15) is 24.3 Å². The van der Waals surface area contributed by atoms with Crippen LogP contribution in [-0.2, 0) is 28.6 Å². The summed E-state index contributed by atoms with van der Waals surface area (Å²) in [6, 6.07) is 0. The molecule has 0 aromatic carbocycles. The first-order valence-corrected chi connectivity index (χ1v) is 9.44. The third kappa shape index (κ3) is 6.35. The number of rotatable bonds is 6. The molecule has 1 heterocycles. The predicted octanol–water partition coefficient (Wildman–Crippen LogP) is 2.24. The highest BCUT2D eigenvalue weighted by molar-refractivity contribution is 8.14. The summed E-state index contributed by atoms with van der Waals surface area (Å²) in [4.78, 5) is 34.2. The Morgan fingerprint density at radius 3 is 2.26 bits per heavy atom. The van der Waals surface area contributed by atoms with Crippen molar-refractivity contribution in [2.24, 2.45) is 5.92 Å². The Balaban J connectivity index is 3.02. The maximum Gasteiger partial charge on any atom is 0.302 e. The quantitative estimate of drug-likeness (QED) is 0.664. The van der Waals surface area contributed by atoms with Crippen molar-refractivity contribution >= 4 is 40.6 Å². The van der Waals surface area contributed by atoms with E-state index < -0.39 is 29.4 Å². The first-order valence-electron chi connectivity index (χ1n) is 7.51. The van der Waals surface area contributed by atoms with Crippen LogP contribution in [0.25, 0.3) is 0 Å². The lowest BCUT2D eigenvalue weighted by molar-refractivity contribution is -0.168. The summed E-state index contributed by atoms with van der Waals surface area (Å²) in [5, 5.41) is -0.503. The Bertz CT molecular complexity index is 442. The van der Waals surface area contributed by atoms with Crippen LogP contribution in [-0.4, -0.2) is 52.3 Å². The van der Waals surface area contributed by atoms with E-state index in [1.165, 1.54) is 20.8 Å². The van der Waals surface area contributed by atoms with E-state index in [1.807, 2.05) is 13.8 Å². The smallest absolute Gasteiger partial charge is 0.302 e. The molecule has 0 aromatic rings. The molecular weight excluding hydrogens is 340 g/mol. The largest absolute Gasteiger partial charge is 0.463 e. The van der Waals surface area contributed by atoms with Gasteiger partial charge in [0, 0.05) is 26.7 Å². The molecule has 0 spiro atoms. The van der Waals surface area contributed by atoms with Crippen LogP contribution in [0.1, 0.15) is 34.6 Å². The molecule has 4 unspecified atom stereocenters. The Hall–Kier alpha value is -0.730. The minimum atomic E-state index is -0.502. The molecule has 1 rings (SSSR count). The van der Waals surface area contributed by atoms with E-state index in [4.69, 9.17) is 14.2 Å². The predicted molar refractivity (Wildman–Crippen MR) is 90.2 cm³/mol. The van der Waals surface area contributed by atoms with Crippen LogP contribution in [0.3, 0.4) is 0 Å². The average molecular weight is 364 g/mol. The molecule has 1 aliphatic rings. The van der Waals surface area contributed by atoms with Gasteiger partial charge in [0.25, 0.3) is 0 Å². The van der Waals surface area contributed by atoms with Crippen molar-refractivity contribution in [1.82, 2.24) is 0 Å². The van der Waals surface area contributed by atoms with Gasteiger partial charge in [-0.15, -0.1) is 11.8 Å². The summed E-state index contributed by atoms with van der Waals surface area (Å²) in [6.45, 7) is 8.11. The normalized spacial score (nSPS) is 30.6. The highest BCUT2D eigenvalue weighted by Crippen LogP contribution is 2.39. The van der Waals surface area contributed by atoms with Crippen molar-refractivity contribution in [3.05, 3.63) is 0 Å².